The Hall–Kier alpha value is -4.16. The van der Waals surface area contributed by atoms with Crippen molar-refractivity contribution in [3.63, 3.8) is 0 Å². The molecule has 1 amide bonds. The van der Waals surface area contributed by atoms with Gasteiger partial charge in [0.15, 0.2) is 28.8 Å². The Labute approximate surface area is 242 Å². The molecule has 1 saturated carbocycles. The molecular weight excluding hydrogens is 552 g/mol. The van der Waals surface area contributed by atoms with Crippen LogP contribution in [0.5, 0.6) is 11.5 Å². The zero-order chi connectivity index (χ0) is 30.2. The van der Waals surface area contributed by atoms with Crippen LogP contribution in [0.15, 0.2) is 24.5 Å². The van der Waals surface area contributed by atoms with Gasteiger partial charge in [-0.15, -0.1) is 0 Å². The lowest BCUT2D eigenvalue weighted by molar-refractivity contribution is 0.0490. The SMILES string of the molecule is CCOC(=O)c1cnn2cc3c(nc12)N(Cc1cc(F)cc(F)c1OC[C@@H](C)NC(=O)OC(C)(C)C)[C@@H]1CCC[C@@H]1O3. The number of carbonyl (C=O) groups excluding carboxylic acids is 2. The van der Waals surface area contributed by atoms with Gasteiger partial charge in [-0.3, -0.25) is 0 Å². The molecule has 11 nitrogen and oxygen atoms in total. The van der Waals surface area contributed by atoms with Gasteiger partial charge >= 0.3 is 12.1 Å². The maximum absolute atomic E-state index is 15.1. The summed E-state index contributed by atoms with van der Waals surface area (Å²) in [6.45, 7) is 8.81. The van der Waals surface area contributed by atoms with Crippen molar-refractivity contribution in [3.8, 4) is 11.5 Å². The minimum Gasteiger partial charge on any atom is -0.488 e. The summed E-state index contributed by atoms with van der Waals surface area (Å²) in [5, 5.41) is 6.89. The third-order valence-corrected chi connectivity index (χ3v) is 6.97. The molecule has 13 heteroatoms. The van der Waals surface area contributed by atoms with Gasteiger partial charge in [0.1, 0.15) is 29.7 Å². The maximum Gasteiger partial charge on any atom is 0.407 e. The van der Waals surface area contributed by atoms with Crippen molar-refractivity contribution in [2.75, 3.05) is 18.1 Å². The molecule has 0 unspecified atom stereocenters. The molecule has 2 aliphatic rings. The minimum absolute atomic E-state index is 0.0570. The van der Waals surface area contributed by atoms with E-state index in [-0.39, 0.29) is 54.4 Å². The van der Waals surface area contributed by atoms with Crippen molar-refractivity contribution < 1.29 is 37.3 Å². The Bertz CT molecular complexity index is 1490. The van der Waals surface area contributed by atoms with Crippen molar-refractivity contribution >= 4 is 23.5 Å². The Morgan fingerprint density at radius 1 is 1.24 bits per heavy atom. The number of ether oxygens (including phenoxy) is 4. The molecule has 226 valence electrons. The number of hydrogen-bond donors (Lipinski definition) is 1. The molecule has 1 N–H and O–H groups in total. The molecule has 1 aromatic carbocycles. The number of alkyl carbamates (subject to hydrolysis) is 1. The Morgan fingerprint density at radius 3 is 2.76 bits per heavy atom. The average Bonchev–Trinajstić information content (AvgIpc) is 3.52. The van der Waals surface area contributed by atoms with Crippen LogP contribution in [0.1, 0.15) is 69.8 Å². The van der Waals surface area contributed by atoms with E-state index < -0.39 is 35.3 Å². The highest BCUT2D eigenvalue weighted by atomic mass is 19.1. The van der Waals surface area contributed by atoms with Crippen molar-refractivity contribution in [2.24, 2.45) is 0 Å². The molecule has 3 heterocycles. The number of anilines is 1. The lowest BCUT2D eigenvalue weighted by Gasteiger charge is -2.39. The van der Waals surface area contributed by atoms with Crippen LogP contribution in [-0.4, -0.2) is 63.7 Å². The van der Waals surface area contributed by atoms with E-state index in [1.807, 2.05) is 4.90 Å². The summed E-state index contributed by atoms with van der Waals surface area (Å²) in [4.78, 5) is 31.4. The predicted molar refractivity (Wildman–Crippen MR) is 148 cm³/mol. The first-order valence-electron chi connectivity index (χ1n) is 14.0. The number of esters is 1. The molecule has 5 rings (SSSR count). The minimum atomic E-state index is -0.866. The van der Waals surface area contributed by atoms with E-state index in [1.54, 1.807) is 40.8 Å². The molecule has 42 heavy (non-hydrogen) atoms. The molecule has 0 bridgehead atoms. The highest BCUT2D eigenvalue weighted by Gasteiger charge is 2.41. The maximum atomic E-state index is 15.1. The first kappa shape index (κ1) is 29.3. The van der Waals surface area contributed by atoms with E-state index in [9.17, 15) is 14.0 Å². The van der Waals surface area contributed by atoms with Crippen molar-refractivity contribution in [1.82, 2.24) is 19.9 Å². The van der Waals surface area contributed by atoms with E-state index in [2.05, 4.69) is 10.4 Å². The number of aromatic nitrogens is 3. The summed E-state index contributed by atoms with van der Waals surface area (Å²) in [7, 11) is 0. The second-order valence-corrected chi connectivity index (χ2v) is 11.5. The lowest BCUT2D eigenvalue weighted by atomic mass is 10.1. The van der Waals surface area contributed by atoms with Gasteiger partial charge in [-0.1, -0.05) is 0 Å². The fourth-order valence-corrected chi connectivity index (χ4v) is 5.28. The first-order chi connectivity index (χ1) is 19.9. The molecular formula is C29H35F2N5O6. The number of benzene rings is 1. The number of nitrogens with zero attached hydrogens (tertiary/aromatic N) is 4. The fraction of sp³-hybridized carbons (Fsp3) is 0.517. The smallest absolute Gasteiger partial charge is 0.407 e. The molecule has 1 fully saturated rings. The summed E-state index contributed by atoms with van der Waals surface area (Å²) in [5.74, 6) is -1.44. The van der Waals surface area contributed by atoms with Crippen LogP contribution in [0, 0.1) is 11.6 Å². The largest absolute Gasteiger partial charge is 0.488 e. The normalized spacial score (nSPS) is 18.6. The Morgan fingerprint density at radius 2 is 2.02 bits per heavy atom. The zero-order valence-corrected chi connectivity index (χ0v) is 24.3. The number of halogens is 2. The van der Waals surface area contributed by atoms with Gasteiger partial charge < -0.3 is 29.2 Å². The van der Waals surface area contributed by atoms with Crippen LogP contribution < -0.4 is 19.7 Å². The first-order valence-corrected chi connectivity index (χ1v) is 14.0. The van der Waals surface area contributed by atoms with Crippen LogP contribution in [0.25, 0.3) is 5.65 Å². The molecule has 1 aliphatic heterocycles. The average molecular weight is 588 g/mol. The molecule has 0 saturated heterocycles. The molecule has 3 aromatic rings. The molecule has 3 atom stereocenters. The van der Waals surface area contributed by atoms with Gasteiger partial charge in [-0.25, -0.2) is 27.9 Å². The fourth-order valence-electron chi connectivity index (χ4n) is 5.28. The number of amides is 1. The Balaban J connectivity index is 1.45. The van der Waals surface area contributed by atoms with E-state index >= 15 is 4.39 Å². The standard InChI is InChI=1S/C29H35F2N5O6/c1-6-39-27(37)19-12-32-36-14-23-26(34-25(19)36)35(21-8-7-9-22(21)41-23)13-17-10-18(30)11-20(31)24(17)40-15-16(2)33-28(38)42-29(3,4)5/h10-12,14,16,21-22H,6-9,13,15H2,1-5H3,(H,33,38)/t16-,21-,22+/m1/s1. The van der Waals surface area contributed by atoms with Gasteiger partial charge in [-0.05, 0) is 59.9 Å². The topological polar surface area (TPSA) is 117 Å². The lowest BCUT2D eigenvalue weighted by Crippen LogP contribution is -2.47. The number of fused-ring (bicyclic) bond motifs is 3. The molecule has 0 radical (unpaired) electrons. The molecule has 2 aromatic heterocycles. The molecule has 1 aliphatic carbocycles. The number of carbonyl (C=O) groups is 2. The van der Waals surface area contributed by atoms with E-state index in [1.165, 1.54) is 16.8 Å². The number of nitrogens with one attached hydrogen (secondary N) is 1. The van der Waals surface area contributed by atoms with E-state index in [4.69, 9.17) is 23.9 Å². The highest BCUT2D eigenvalue weighted by Crippen LogP contribution is 2.42. The van der Waals surface area contributed by atoms with Crippen LogP contribution >= 0.6 is 0 Å². The van der Waals surface area contributed by atoms with Crippen LogP contribution in [0.2, 0.25) is 0 Å². The predicted octanol–water partition coefficient (Wildman–Crippen LogP) is 4.80. The monoisotopic (exact) mass is 587 g/mol. The third kappa shape index (κ3) is 6.19. The Kier molecular flexibility index (Phi) is 8.11. The second kappa shape index (κ2) is 11.6. The van der Waals surface area contributed by atoms with Gasteiger partial charge in [0.05, 0.1) is 31.1 Å². The summed E-state index contributed by atoms with van der Waals surface area (Å²) in [6.07, 6.45) is 4.74. The highest BCUT2D eigenvalue weighted by molar-refractivity contribution is 5.96. The van der Waals surface area contributed by atoms with E-state index in [0.717, 1.165) is 25.3 Å². The molecule has 0 spiro atoms. The van der Waals surface area contributed by atoms with Gasteiger partial charge in [0.2, 0.25) is 0 Å². The van der Waals surface area contributed by atoms with Gasteiger partial charge in [0, 0.05) is 18.2 Å². The van der Waals surface area contributed by atoms with Crippen molar-refractivity contribution in [3.05, 3.63) is 47.3 Å². The third-order valence-electron chi connectivity index (χ3n) is 6.97. The zero-order valence-electron chi connectivity index (χ0n) is 24.3. The quantitative estimate of drug-likeness (QED) is 0.371. The van der Waals surface area contributed by atoms with E-state index in [0.29, 0.717) is 11.6 Å². The van der Waals surface area contributed by atoms with Crippen LogP contribution in [0.3, 0.4) is 0 Å². The second-order valence-electron chi connectivity index (χ2n) is 11.5. The van der Waals surface area contributed by atoms with Crippen LogP contribution in [0.4, 0.5) is 19.4 Å². The number of hydrogen-bond acceptors (Lipinski definition) is 9. The van der Waals surface area contributed by atoms with Crippen molar-refractivity contribution in [1.29, 1.82) is 0 Å². The summed E-state index contributed by atoms with van der Waals surface area (Å²) < 4.78 is 53.7. The van der Waals surface area contributed by atoms with Gasteiger partial charge in [0.25, 0.3) is 0 Å². The van der Waals surface area contributed by atoms with Crippen LogP contribution in [-0.2, 0) is 16.0 Å². The number of rotatable bonds is 8. The van der Waals surface area contributed by atoms with Gasteiger partial charge in [-0.2, -0.15) is 5.10 Å². The summed E-state index contributed by atoms with van der Waals surface area (Å²) in [6, 6.07) is 1.34. The summed E-state index contributed by atoms with van der Waals surface area (Å²) in [5.41, 5.74) is 0.0547. The van der Waals surface area contributed by atoms with Crippen molar-refractivity contribution in [2.45, 2.75) is 84.2 Å². The summed E-state index contributed by atoms with van der Waals surface area (Å²) >= 11 is 0.